The monoisotopic (exact) mass is 307 g/mol. The van der Waals surface area contributed by atoms with E-state index in [4.69, 9.17) is 14.6 Å². The van der Waals surface area contributed by atoms with Gasteiger partial charge in [0, 0.05) is 13.7 Å². The Morgan fingerprint density at radius 1 is 1.41 bits per heavy atom. The average molecular weight is 307 g/mol. The lowest BCUT2D eigenvalue weighted by Gasteiger charge is -2.35. The largest absolute Gasteiger partial charge is 0.481 e. The molecule has 0 bridgehead atoms. The molecule has 1 fully saturated rings. The maximum absolute atomic E-state index is 12.5. The Kier molecular flexibility index (Phi) is 5.91. The number of aliphatic carboxylic acids is 1. The Labute approximate surface area is 129 Å². The van der Waals surface area contributed by atoms with Crippen LogP contribution in [0, 0.1) is 0 Å². The van der Waals surface area contributed by atoms with Crippen LogP contribution in [0.5, 0.6) is 0 Å². The number of carbonyl (C=O) groups excluding carboxylic acids is 1. The van der Waals surface area contributed by atoms with Crippen LogP contribution in [-0.4, -0.2) is 54.8 Å². The molecule has 6 nitrogen and oxygen atoms in total. The van der Waals surface area contributed by atoms with Crippen molar-refractivity contribution < 1.29 is 24.2 Å². The third kappa shape index (κ3) is 4.54. The molecule has 0 aromatic heterocycles. The number of hydrogen-bond donors (Lipinski definition) is 1. The number of hydrogen-bond acceptors (Lipinski definition) is 4. The van der Waals surface area contributed by atoms with E-state index in [0.29, 0.717) is 19.8 Å². The summed E-state index contributed by atoms with van der Waals surface area (Å²) in [5.74, 6) is -0.987. The highest BCUT2D eigenvalue weighted by molar-refractivity contribution is 5.80. The second-order valence-corrected chi connectivity index (χ2v) is 5.34. The van der Waals surface area contributed by atoms with Crippen molar-refractivity contribution in [2.45, 2.75) is 25.5 Å². The fourth-order valence-corrected chi connectivity index (χ4v) is 2.63. The van der Waals surface area contributed by atoms with E-state index in [9.17, 15) is 9.59 Å². The number of carbonyl (C=O) groups is 2. The third-order valence-electron chi connectivity index (χ3n) is 3.62. The van der Waals surface area contributed by atoms with Crippen molar-refractivity contribution in [3.05, 3.63) is 35.4 Å². The lowest BCUT2D eigenvalue weighted by Crippen LogP contribution is -2.50. The highest BCUT2D eigenvalue weighted by atomic mass is 16.5. The molecular weight excluding hydrogens is 286 g/mol. The molecule has 0 spiro atoms. The number of benzene rings is 1. The molecular formula is C16H21NO5. The van der Waals surface area contributed by atoms with Crippen molar-refractivity contribution >= 4 is 11.9 Å². The Hall–Kier alpha value is -1.92. The first-order chi connectivity index (χ1) is 10.6. The second kappa shape index (κ2) is 7.91. The number of morpholine rings is 1. The first-order valence-electron chi connectivity index (χ1n) is 7.26. The standard InChI is InChI=1S/C16H21NO5/c1-21-10-13-4-2-3-12(7-13)8-15(18)17-5-6-22-11-14(17)9-16(19)20/h2-4,7,14H,5-6,8-11H2,1H3,(H,19,20)/t14-/m1/s1. The molecule has 120 valence electrons. The van der Waals surface area contributed by atoms with Crippen LogP contribution in [0.1, 0.15) is 17.5 Å². The van der Waals surface area contributed by atoms with Gasteiger partial charge in [0.05, 0.1) is 38.7 Å². The van der Waals surface area contributed by atoms with Crippen LogP contribution in [0.4, 0.5) is 0 Å². The number of ether oxygens (including phenoxy) is 2. The summed E-state index contributed by atoms with van der Waals surface area (Å²) in [6, 6.07) is 7.28. The van der Waals surface area contributed by atoms with E-state index in [-0.39, 0.29) is 31.4 Å². The average Bonchev–Trinajstić information content (AvgIpc) is 2.48. The fraction of sp³-hybridized carbons (Fsp3) is 0.500. The minimum atomic E-state index is -0.921. The van der Waals surface area contributed by atoms with Gasteiger partial charge >= 0.3 is 5.97 Å². The maximum atomic E-state index is 12.5. The molecule has 0 radical (unpaired) electrons. The SMILES string of the molecule is COCc1cccc(CC(=O)N2CCOC[C@H]2CC(=O)O)c1. The Morgan fingerprint density at radius 3 is 2.91 bits per heavy atom. The lowest BCUT2D eigenvalue weighted by molar-refractivity contribution is -0.145. The van der Waals surface area contributed by atoms with Gasteiger partial charge in [0.25, 0.3) is 0 Å². The predicted molar refractivity (Wildman–Crippen MR) is 79.4 cm³/mol. The van der Waals surface area contributed by atoms with Crippen LogP contribution in [0.2, 0.25) is 0 Å². The number of methoxy groups -OCH3 is 1. The Balaban J connectivity index is 2.03. The third-order valence-corrected chi connectivity index (χ3v) is 3.62. The highest BCUT2D eigenvalue weighted by Gasteiger charge is 2.28. The van der Waals surface area contributed by atoms with E-state index in [1.807, 2.05) is 24.3 Å². The minimum absolute atomic E-state index is 0.0656. The smallest absolute Gasteiger partial charge is 0.305 e. The fourth-order valence-electron chi connectivity index (χ4n) is 2.63. The minimum Gasteiger partial charge on any atom is -0.481 e. The molecule has 6 heteroatoms. The van der Waals surface area contributed by atoms with Crippen molar-refractivity contribution in [2.75, 3.05) is 26.9 Å². The number of nitrogens with zero attached hydrogens (tertiary/aromatic N) is 1. The zero-order valence-corrected chi connectivity index (χ0v) is 12.7. The molecule has 22 heavy (non-hydrogen) atoms. The summed E-state index contributed by atoms with van der Waals surface area (Å²) in [6.45, 7) is 1.67. The summed E-state index contributed by atoms with van der Waals surface area (Å²) < 4.78 is 10.4. The first kappa shape index (κ1) is 16.5. The van der Waals surface area contributed by atoms with Crippen LogP contribution >= 0.6 is 0 Å². The van der Waals surface area contributed by atoms with Crippen LogP contribution in [0.15, 0.2) is 24.3 Å². The van der Waals surface area contributed by atoms with Crippen LogP contribution in [0.25, 0.3) is 0 Å². The number of amides is 1. The zero-order chi connectivity index (χ0) is 15.9. The summed E-state index contributed by atoms with van der Waals surface area (Å²) in [5, 5.41) is 8.94. The van der Waals surface area contributed by atoms with Crippen LogP contribution < -0.4 is 0 Å². The quantitative estimate of drug-likeness (QED) is 0.851. The van der Waals surface area contributed by atoms with Gasteiger partial charge in [0.2, 0.25) is 5.91 Å². The van der Waals surface area contributed by atoms with Gasteiger partial charge in [0.15, 0.2) is 0 Å². The molecule has 1 aliphatic rings. The van der Waals surface area contributed by atoms with Gasteiger partial charge in [0.1, 0.15) is 0 Å². The van der Waals surface area contributed by atoms with Crippen LogP contribution in [-0.2, 0) is 32.1 Å². The molecule has 0 saturated carbocycles. The Morgan fingerprint density at radius 2 is 2.18 bits per heavy atom. The van der Waals surface area contributed by atoms with E-state index >= 15 is 0 Å². The van der Waals surface area contributed by atoms with Crippen molar-refractivity contribution in [3.63, 3.8) is 0 Å². The van der Waals surface area contributed by atoms with Gasteiger partial charge < -0.3 is 19.5 Å². The number of carboxylic acid groups (broad SMARTS) is 1. The molecule has 1 N–H and O–H groups in total. The van der Waals surface area contributed by atoms with E-state index in [1.165, 1.54) is 0 Å². The summed E-state index contributed by atoms with van der Waals surface area (Å²) in [6.07, 6.45) is 0.170. The van der Waals surface area contributed by atoms with Gasteiger partial charge in [-0.1, -0.05) is 24.3 Å². The summed E-state index contributed by atoms with van der Waals surface area (Å²) >= 11 is 0. The van der Waals surface area contributed by atoms with Crippen molar-refractivity contribution in [2.24, 2.45) is 0 Å². The summed E-state index contributed by atoms with van der Waals surface area (Å²) in [7, 11) is 1.63. The summed E-state index contributed by atoms with van der Waals surface area (Å²) in [4.78, 5) is 25.0. The Bertz CT molecular complexity index is 531. The molecule has 2 rings (SSSR count). The highest BCUT2D eigenvalue weighted by Crippen LogP contribution is 2.14. The van der Waals surface area contributed by atoms with Crippen LogP contribution in [0.3, 0.4) is 0 Å². The maximum Gasteiger partial charge on any atom is 0.305 e. The molecule has 1 aromatic carbocycles. The number of rotatable bonds is 6. The van der Waals surface area contributed by atoms with Gasteiger partial charge in [-0.2, -0.15) is 0 Å². The van der Waals surface area contributed by atoms with Gasteiger partial charge in [-0.25, -0.2) is 0 Å². The second-order valence-electron chi connectivity index (χ2n) is 5.34. The molecule has 1 aliphatic heterocycles. The molecule has 1 aromatic rings. The van der Waals surface area contributed by atoms with Gasteiger partial charge in [-0.05, 0) is 11.1 Å². The van der Waals surface area contributed by atoms with E-state index in [2.05, 4.69) is 0 Å². The first-order valence-corrected chi connectivity index (χ1v) is 7.26. The molecule has 1 atom stereocenters. The van der Waals surface area contributed by atoms with Crippen molar-refractivity contribution in [1.82, 2.24) is 4.90 Å². The topological polar surface area (TPSA) is 76.1 Å². The van der Waals surface area contributed by atoms with Crippen molar-refractivity contribution in [1.29, 1.82) is 0 Å². The lowest BCUT2D eigenvalue weighted by atomic mass is 10.1. The normalized spacial score (nSPS) is 18.2. The summed E-state index contributed by atoms with van der Waals surface area (Å²) in [5.41, 5.74) is 1.91. The molecule has 1 amide bonds. The number of carboxylic acids is 1. The van der Waals surface area contributed by atoms with E-state index in [0.717, 1.165) is 11.1 Å². The molecule has 1 saturated heterocycles. The van der Waals surface area contributed by atoms with Crippen molar-refractivity contribution in [3.8, 4) is 0 Å². The van der Waals surface area contributed by atoms with Gasteiger partial charge in [-0.3, -0.25) is 9.59 Å². The van der Waals surface area contributed by atoms with Gasteiger partial charge in [-0.15, -0.1) is 0 Å². The zero-order valence-electron chi connectivity index (χ0n) is 12.7. The molecule has 0 unspecified atom stereocenters. The molecule has 0 aliphatic carbocycles. The molecule has 1 heterocycles. The predicted octanol–water partition coefficient (Wildman–Crippen LogP) is 1.08. The van der Waals surface area contributed by atoms with E-state index < -0.39 is 5.97 Å². The van der Waals surface area contributed by atoms with E-state index in [1.54, 1.807) is 12.0 Å².